The van der Waals surface area contributed by atoms with Crippen molar-refractivity contribution in [2.45, 2.75) is 33.7 Å². The second-order valence-corrected chi connectivity index (χ2v) is 7.72. The molecule has 0 spiro atoms. The molecule has 1 saturated heterocycles. The molecule has 9 heteroatoms. The molecular weight excluding hydrogens is 517 g/mol. The number of rotatable bonds is 7. The molecule has 174 valence electrons. The Labute approximate surface area is 207 Å². The molecule has 32 heavy (non-hydrogen) atoms. The number of aryl methyl sites for hydroxylation is 2. The molecule has 8 nitrogen and oxygen atoms in total. The summed E-state index contributed by atoms with van der Waals surface area (Å²) in [4.78, 5) is 29.9. The lowest BCUT2D eigenvalue weighted by atomic mass is 10.1. The molecule has 2 heterocycles. The number of nitrogens with one attached hydrogen (secondary N) is 2. The molecule has 2 aromatic rings. The number of carbonyl (C=O) groups excluding carboxylic acids is 1. The molecule has 1 aromatic heterocycles. The summed E-state index contributed by atoms with van der Waals surface area (Å²) in [5.74, 6) is 1.62. The van der Waals surface area contributed by atoms with E-state index in [2.05, 4.69) is 62.5 Å². The molecule has 1 fully saturated rings. The first-order valence-electron chi connectivity index (χ1n) is 10.9. The van der Waals surface area contributed by atoms with Gasteiger partial charge in [0.15, 0.2) is 5.96 Å². The van der Waals surface area contributed by atoms with Crippen LogP contribution in [0.25, 0.3) is 0 Å². The van der Waals surface area contributed by atoms with Crippen LogP contribution in [0.3, 0.4) is 0 Å². The van der Waals surface area contributed by atoms with Crippen molar-refractivity contribution in [1.82, 2.24) is 25.5 Å². The topological polar surface area (TPSA) is 85.8 Å². The zero-order valence-corrected chi connectivity index (χ0v) is 21.5. The van der Waals surface area contributed by atoms with Gasteiger partial charge in [-0.25, -0.2) is 15.0 Å². The van der Waals surface area contributed by atoms with Crippen molar-refractivity contribution >= 4 is 41.8 Å². The average Bonchev–Trinajstić information content (AvgIpc) is 2.79. The number of hydrogen-bond donors (Lipinski definition) is 2. The van der Waals surface area contributed by atoms with Gasteiger partial charge in [-0.1, -0.05) is 23.8 Å². The SMILES string of the molecule is CCNC(=NCc1ccc(C)cc1C)NCCC(=O)N1CCN(c2ncccn2)CC1.I. The van der Waals surface area contributed by atoms with E-state index >= 15 is 0 Å². The first-order valence-corrected chi connectivity index (χ1v) is 10.9. The van der Waals surface area contributed by atoms with Gasteiger partial charge in [-0.05, 0) is 38.0 Å². The Hall–Kier alpha value is -2.43. The van der Waals surface area contributed by atoms with E-state index in [-0.39, 0.29) is 29.9 Å². The van der Waals surface area contributed by atoms with E-state index in [0.29, 0.717) is 32.6 Å². The van der Waals surface area contributed by atoms with Crippen LogP contribution in [0.15, 0.2) is 41.7 Å². The fourth-order valence-corrected chi connectivity index (χ4v) is 3.59. The summed E-state index contributed by atoms with van der Waals surface area (Å²) >= 11 is 0. The minimum atomic E-state index is 0. The third-order valence-corrected chi connectivity index (χ3v) is 5.35. The largest absolute Gasteiger partial charge is 0.357 e. The molecule has 1 amide bonds. The summed E-state index contributed by atoms with van der Waals surface area (Å²) in [7, 11) is 0. The number of nitrogens with zero attached hydrogens (tertiary/aromatic N) is 5. The molecule has 0 radical (unpaired) electrons. The van der Waals surface area contributed by atoms with E-state index < -0.39 is 0 Å². The smallest absolute Gasteiger partial charge is 0.225 e. The van der Waals surface area contributed by atoms with Crippen LogP contribution in [0.1, 0.15) is 30.0 Å². The van der Waals surface area contributed by atoms with Gasteiger partial charge < -0.3 is 20.4 Å². The minimum absolute atomic E-state index is 0. The maximum Gasteiger partial charge on any atom is 0.225 e. The highest BCUT2D eigenvalue weighted by atomic mass is 127. The summed E-state index contributed by atoms with van der Waals surface area (Å²) in [5.41, 5.74) is 3.71. The Morgan fingerprint density at radius 2 is 1.81 bits per heavy atom. The fourth-order valence-electron chi connectivity index (χ4n) is 3.59. The molecule has 1 aromatic carbocycles. The van der Waals surface area contributed by atoms with Gasteiger partial charge in [0, 0.05) is 58.1 Å². The predicted octanol–water partition coefficient (Wildman–Crippen LogP) is 2.51. The van der Waals surface area contributed by atoms with Crippen LogP contribution >= 0.6 is 24.0 Å². The van der Waals surface area contributed by atoms with Crippen molar-refractivity contribution in [2.75, 3.05) is 44.2 Å². The summed E-state index contributed by atoms with van der Waals surface area (Å²) in [6.07, 6.45) is 3.93. The lowest BCUT2D eigenvalue weighted by Gasteiger charge is -2.34. The van der Waals surface area contributed by atoms with Crippen LogP contribution in [0.5, 0.6) is 0 Å². The maximum absolute atomic E-state index is 12.6. The second kappa shape index (κ2) is 13.2. The van der Waals surface area contributed by atoms with Crippen LogP contribution < -0.4 is 15.5 Å². The van der Waals surface area contributed by atoms with Gasteiger partial charge in [0.05, 0.1) is 6.54 Å². The summed E-state index contributed by atoms with van der Waals surface area (Å²) in [6.45, 7) is 11.1. The van der Waals surface area contributed by atoms with Crippen LogP contribution in [0.2, 0.25) is 0 Å². The number of anilines is 1. The molecule has 3 rings (SSSR count). The van der Waals surface area contributed by atoms with Crippen molar-refractivity contribution < 1.29 is 4.79 Å². The van der Waals surface area contributed by atoms with Gasteiger partial charge in [-0.15, -0.1) is 24.0 Å². The molecule has 2 N–H and O–H groups in total. The molecule has 0 unspecified atom stereocenters. The Morgan fingerprint density at radius 3 is 2.47 bits per heavy atom. The van der Waals surface area contributed by atoms with Crippen molar-refractivity contribution in [3.63, 3.8) is 0 Å². The number of amides is 1. The molecule has 0 saturated carbocycles. The van der Waals surface area contributed by atoms with E-state index in [1.54, 1.807) is 12.4 Å². The van der Waals surface area contributed by atoms with Gasteiger partial charge >= 0.3 is 0 Å². The van der Waals surface area contributed by atoms with Crippen LogP contribution in [-0.4, -0.2) is 66.0 Å². The lowest BCUT2D eigenvalue weighted by Crippen LogP contribution is -2.50. The monoisotopic (exact) mass is 551 g/mol. The van der Waals surface area contributed by atoms with Gasteiger partial charge in [0.2, 0.25) is 11.9 Å². The van der Waals surface area contributed by atoms with Gasteiger partial charge in [0.1, 0.15) is 0 Å². The zero-order chi connectivity index (χ0) is 22.1. The van der Waals surface area contributed by atoms with E-state index in [9.17, 15) is 4.79 Å². The highest BCUT2D eigenvalue weighted by molar-refractivity contribution is 14.0. The van der Waals surface area contributed by atoms with Gasteiger partial charge in [-0.2, -0.15) is 0 Å². The number of piperazine rings is 1. The number of aromatic nitrogens is 2. The van der Waals surface area contributed by atoms with Crippen LogP contribution in [0.4, 0.5) is 5.95 Å². The highest BCUT2D eigenvalue weighted by Crippen LogP contribution is 2.12. The summed E-state index contributed by atoms with van der Waals surface area (Å²) < 4.78 is 0. The normalized spacial score (nSPS) is 14.0. The second-order valence-electron chi connectivity index (χ2n) is 7.72. The number of benzene rings is 1. The zero-order valence-electron chi connectivity index (χ0n) is 19.2. The summed E-state index contributed by atoms with van der Waals surface area (Å²) in [5, 5.41) is 6.54. The third kappa shape index (κ3) is 7.61. The number of aliphatic imine (C=N–C) groups is 1. The van der Waals surface area contributed by atoms with Gasteiger partial charge in [0.25, 0.3) is 0 Å². The highest BCUT2D eigenvalue weighted by Gasteiger charge is 2.22. The van der Waals surface area contributed by atoms with Crippen molar-refractivity contribution in [2.24, 2.45) is 4.99 Å². The number of guanidine groups is 1. The van der Waals surface area contributed by atoms with E-state index in [1.165, 1.54) is 16.7 Å². The van der Waals surface area contributed by atoms with Crippen molar-refractivity contribution in [3.05, 3.63) is 53.3 Å². The molecule has 0 bridgehead atoms. The van der Waals surface area contributed by atoms with E-state index in [1.807, 2.05) is 17.9 Å². The first-order chi connectivity index (χ1) is 15.1. The number of halogens is 1. The Balaban J connectivity index is 0.00000363. The maximum atomic E-state index is 12.6. The Bertz CT molecular complexity index is 883. The fraction of sp³-hybridized carbons (Fsp3) is 0.478. The molecule has 0 atom stereocenters. The standard InChI is InChI=1S/C23H33N7O.HI/c1-4-24-22(28-17-20-7-6-18(2)16-19(20)3)25-11-8-21(31)29-12-14-30(15-13-29)23-26-9-5-10-27-23;/h5-7,9-10,16H,4,8,11-15,17H2,1-3H3,(H2,24,25,28);1H. The molecule has 0 aliphatic carbocycles. The molecule has 1 aliphatic rings. The van der Waals surface area contributed by atoms with E-state index in [0.717, 1.165) is 31.5 Å². The van der Waals surface area contributed by atoms with E-state index in [4.69, 9.17) is 0 Å². The minimum Gasteiger partial charge on any atom is -0.357 e. The van der Waals surface area contributed by atoms with Gasteiger partial charge in [-0.3, -0.25) is 4.79 Å². The lowest BCUT2D eigenvalue weighted by molar-refractivity contribution is -0.131. The summed E-state index contributed by atoms with van der Waals surface area (Å²) in [6, 6.07) is 8.22. The predicted molar refractivity (Wildman–Crippen MR) is 140 cm³/mol. The first kappa shape index (κ1) is 25.8. The Morgan fingerprint density at radius 1 is 1.09 bits per heavy atom. The number of hydrogen-bond acceptors (Lipinski definition) is 5. The molecular formula is C23H34IN7O. The van der Waals surface area contributed by atoms with Crippen molar-refractivity contribution in [1.29, 1.82) is 0 Å². The van der Waals surface area contributed by atoms with Crippen molar-refractivity contribution in [3.8, 4) is 0 Å². The third-order valence-electron chi connectivity index (χ3n) is 5.35. The van der Waals surface area contributed by atoms with Crippen LogP contribution in [0, 0.1) is 13.8 Å². The van der Waals surface area contributed by atoms with Crippen LogP contribution in [-0.2, 0) is 11.3 Å². The average molecular weight is 551 g/mol. The quantitative estimate of drug-likeness (QED) is 0.313. The number of carbonyl (C=O) groups is 1. The Kier molecular flexibility index (Phi) is 10.6. The molecule has 1 aliphatic heterocycles.